The minimum atomic E-state index is -4.58. The van der Waals surface area contributed by atoms with Gasteiger partial charge in [-0.3, -0.25) is 19.1 Å². The van der Waals surface area contributed by atoms with Gasteiger partial charge in [-0.2, -0.15) is 18.3 Å². The third-order valence-corrected chi connectivity index (χ3v) is 8.89. The van der Waals surface area contributed by atoms with Crippen molar-refractivity contribution in [3.05, 3.63) is 40.8 Å². The number of aliphatic hydroxyl groups is 1. The van der Waals surface area contributed by atoms with Gasteiger partial charge in [-0.15, -0.1) is 0 Å². The van der Waals surface area contributed by atoms with E-state index in [-0.39, 0.29) is 36.2 Å². The van der Waals surface area contributed by atoms with Crippen molar-refractivity contribution in [3.8, 4) is 5.88 Å². The maximum atomic E-state index is 13.5. The van der Waals surface area contributed by atoms with E-state index >= 15 is 0 Å². The standard InChI is InChI=1S/C28H33F3N6O5/c1-16-11-18(42-26-20(28(29,30)31)3-2-5-32-26)4-6-36(16)22(39)14-37-21-13-17-12-19(17)24(21)25(33-37)27(41)35-9-7-34(8-10-35)23(40)15-38/h2-3,5,16-19,38H,4,6-15H2,1H3/t16-,17-,18-,19-/m1/s1. The molecule has 0 aromatic carbocycles. The van der Waals surface area contributed by atoms with E-state index in [0.717, 1.165) is 30.2 Å². The quantitative estimate of drug-likeness (QED) is 0.544. The molecule has 2 aliphatic heterocycles. The second-order valence-electron chi connectivity index (χ2n) is 11.6. The van der Waals surface area contributed by atoms with Crippen molar-refractivity contribution in [1.29, 1.82) is 0 Å². The first-order chi connectivity index (χ1) is 20.0. The fourth-order valence-electron chi connectivity index (χ4n) is 6.57. The summed E-state index contributed by atoms with van der Waals surface area (Å²) < 4.78 is 47.4. The Kier molecular flexibility index (Phi) is 7.36. The van der Waals surface area contributed by atoms with Gasteiger partial charge in [0.1, 0.15) is 24.8 Å². The number of fused-ring (bicyclic) bond motifs is 3. The van der Waals surface area contributed by atoms with Crippen LogP contribution in [-0.2, 0) is 28.7 Å². The van der Waals surface area contributed by atoms with Crippen LogP contribution in [0, 0.1) is 5.92 Å². The molecule has 0 spiro atoms. The largest absolute Gasteiger partial charge is 0.474 e. The lowest BCUT2D eigenvalue weighted by Gasteiger charge is -2.37. The monoisotopic (exact) mass is 590 g/mol. The number of piperidine rings is 1. The van der Waals surface area contributed by atoms with E-state index in [0.29, 0.717) is 57.2 Å². The number of likely N-dealkylation sites (tertiary alicyclic amines) is 1. The fraction of sp³-hybridized carbons (Fsp3) is 0.607. The molecule has 2 aromatic heterocycles. The Bertz CT molecular complexity index is 1390. The number of aliphatic hydroxyl groups excluding tert-OH is 1. The Morgan fingerprint density at radius 2 is 1.81 bits per heavy atom. The summed E-state index contributed by atoms with van der Waals surface area (Å²) in [6, 6.07) is 1.88. The molecule has 4 heterocycles. The molecule has 4 aliphatic rings. The molecule has 0 radical (unpaired) electrons. The van der Waals surface area contributed by atoms with Gasteiger partial charge in [0, 0.05) is 69.1 Å². The van der Waals surface area contributed by atoms with Gasteiger partial charge < -0.3 is 24.5 Å². The van der Waals surface area contributed by atoms with Crippen LogP contribution < -0.4 is 4.74 Å². The molecule has 14 heteroatoms. The molecule has 6 rings (SSSR count). The number of carbonyl (C=O) groups is 3. The molecule has 2 saturated heterocycles. The van der Waals surface area contributed by atoms with E-state index in [1.807, 2.05) is 6.92 Å². The maximum absolute atomic E-state index is 13.5. The molecule has 2 aliphatic carbocycles. The Hall–Kier alpha value is -3.68. The number of amides is 3. The van der Waals surface area contributed by atoms with Crippen molar-refractivity contribution in [2.75, 3.05) is 39.3 Å². The van der Waals surface area contributed by atoms with Gasteiger partial charge in [-0.05, 0) is 43.7 Å². The van der Waals surface area contributed by atoms with Crippen LogP contribution in [0.1, 0.15) is 59.4 Å². The van der Waals surface area contributed by atoms with Crippen molar-refractivity contribution in [2.45, 2.75) is 63.4 Å². The summed E-state index contributed by atoms with van der Waals surface area (Å²) in [4.78, 5) is 47.4. The zero-order valence-electron chi connectivity index (χ0n) is 23.2. The van der Waals surface area contributed by atoms with Gasteiger partial charge in [0.15, 0.2) is 5.69 Å². The van der Waals surface area contributed by atoms with Gasteiger partial charge in [-0.25, -0.2) is 4.98 Å². The topological polar surface area (TPSA) is 121 Å². The highest BCUT2D eigenvalue weighted by molar-refractivity contribution is 5.95. The highest BCUT2D eigenvalue weighted by Gasteiger charge is 2.51. The molecule has 42 heavy (non-hydrogen) atoms. The number of hydrogen-bond donors (Lipinski definition) is 1. The Balaban J connectivity index is 1.11. The highest BCUT2D eigenvalue weighted by Crippen LogP contribution is 2.57. The third-order valence-electron chi connectivity index (χ3n) is 8.89. The van der Waals surface area contributed by atoms with Crippen LogP contribution in [0.15, 0.2) is 18.3 Å². The fourth-order valence-corrected chi connectivity index (χ4v) is 6.57. The van der Waals surface area contributed by atoms with Crippen LogP contribution in [0.25, 0.3) is 0 Å². The second-order valence-corrected chi connectivity index (χ2v) is 11.6. The summed E-state index contributed by atoms with van der Waals surface area (Å²) in [7, 11) is 0. The lowest BCUT2D eigenvalue weighted by molar-refractivity contribution is -0.140. The summed E-state index contributed by atoms with van der Waals surface area (Å²) in [5.74, 6) is -0.452. The Morgan fingerprint density at radius 3 is 2.50 bits per heavy atom. The number of hydrogen-bond acceptors (Lipinski definition) is 7. The first-order valence-corrected chi connectivity index (χ1v) is 14.3. The van der Waals surface area contributed by atoms with E-state index in [4.69, 9.17) is 9.84 Å². The number of alkyl halides is 3. The molecule has 11 nitrogen and oxygen atoms in total. The van der Waals surface area contributed by atoms with E-state index in [9.17, 15) is 27.6 Å². The highest BCUT2D eigenvalue weighted by atomic mass is 19.4. The number of halogens is 3. The molecule has 3 fully saturated rings. The molecular formula is C28H33F3N6O5. The molecule has 4 atom stereocenters. The van der Waals surface area contributed by atoms with Gasteiger partial charge in [0.05, 0.1) is 0 Å². The van der Waals surface area contributed by atoms with Crippen LogP contribution in [0.3, 0.4) is 0 Å². The Labute approximate surface area is 240 Å². The van der Waals surface area contributed by atoms with Crippen molar-refractivity contribution < 1.29 is 37.4 Å². The molecule has 1 saturated carbocycles. The predicted molar refractivity (Wildman–Crippen MR) is 140 cm³/mol. The zero-order chi connectivity index (χ0) is 29.8. The third kappa shape index (κ3) is 5.32. The number of ether oxygens (including phenoxy) is 1. The molecule has 1 N–H and O–H groups in total. The number of rotatable bonds is 6. The summed E-state index contributed by atoms with van der Waals surface area (Å²) in [6.45, 7) is 2.94. The minimum absolute atomic E-state index is 0.0256. The van der Waals surface area contributed by atoms with Crippen LogP contribution in [0.4, 0.5) is 13.2 Å². The number of carbonyl (C=O) groups excluding carboxylic acids is 3. The Morgan fingerprint density at radius 1 is 1.07 bits per heavy atom. The summed E-state index contributed by atoms with van der Waals surface area (Å²) in [5.41, 5.74) is 1.30. The van der Waals surface area contributed by atoms with Crippen LogP contribution in [0.2, 0.25) is 0 Å². The molecule has 0 bridgehead atoms. The summed E-state index contributed by atoms with van der Waals surface area (Å²) in [6.07, 6.45) is -1.35. The lowest BCUT2D eigenvalue weighted by Crippen LogP contribution is -2.51. The zero-order valence-corrected chi connectivity index (χ0v) is 23.2. The first-order valence-electron chi connectivity index (χ1n) is 14.3. The average Bonchev–Trinajstić information content (AvgIpc) is 3.50. The first kappa shape index (κ1) is 28.4. The van der Waals surface area contributed by atoms with Crippen molar-refractivity contribution in [1.82, 2.24) is 29.5 Å². The lowest BCUT2D eigenvalue weighted by atomic mass is 10.0. The second kappa shape index (κ2) is 10.9. The molecule has 0 unspecified atom stereocenters. The van der Waals surface area contributed by atoms with Crippen molar-refractivity contribution in [2.24, 2.45) is 5.92 Å². The number of pyridine rings is 1. The van der Waals surface area contributed by atoms with Crippen LogP contribution in [0.5, 0.6) is 5.88 Å². The van der Waals surface area contributed by atoms with E-state index in [2.05, 4.69) is 10.1 Å². The summed E-state index contributed by atoms with van der Waals surface area (Å²) >= 11 is 0. The van der Waals surface area contributed by atoms with Gasteiger partial charge in [0.25, 0.3) is 5.91 Å². The maximum Gasteiger partial charge on any atom is 0.421 e. The van der Waals surface area contributed by atoms with Gasteiger partial charge >= 0.3 is 6.18 Å². The smallest absolute Gasteiger partial charge is 0.421 e. The summed E-state index contributed by atoms with van der Waals surface area (Å²) in [5, 5.41) is 13.7. The molecular weight excluding hydrogens is 557 g/mol. The average molecular weight is 591 g/mol. The van der Waals surface area contributed by atoms with Crippen LogP contribution >= 0.6 is 0 Å². The SMILES string of the molecule is C[C@@H]1C[C@H](Oc2ncccc2C(F)(F)F)CCN1C(=O)Cn1nc(C(=O)N2CCN(C(=O)CO)CC2)c2c1C[C@H]1C[C@@H]21. The molecule has 226 valence electrons. The normalized spacial score (nSPS) is 25.2. The van der Waals surface area contributed by atoms with Gasteiger partial charge in [-0.1, -0.05) is 0 Å². The number of piperazine rings is 1. The number of aromatic nitrogens is 3. The molecule has 2 aromatic rings. The predicted octanol–water partition coefficient (Wildman–Crippen LogP) is 1.69. The van der Waals surface area contributed by atoms with Crippen LogP contribution in [-0.4, -0.2) is 104 Å². The van der Waals surface area contributed by atoms with Crippen molar-refractivity contribution in [3.63, 3.8) is 0 Å². The van der Waals surface area contributed by atoms with E-state index < -0.39 is 30.3 Å². The van der Waals surface area contributed by atoms with E-state index in [1.54, 1.807) is 14.5 Å². The van der Waals surface area contributed by atoms with Gasteiger partial charge in [0.2, 0.25) is 17.7 Å². The number of nitrogens with zero attached hydrogens (tertiary/aromatic N) is 6. The minimum Gasteiger partial charge on any atom is -0.474 e. The molecule has 3 amide bonds. The van der Waals surface area contributed by atoms with E-state index in [1.165, 1.54) is 17.2 Å². The van der Waals surface area contributed by atoms with Crippen molar-refractivity contribution >= 4 is 17.7 Å².